The van der Waals surface area contributed by atoms with Gasteiger partial charge in [0.2, 0.25) is 0 Å². The third kappa shape index (κ3) is 5.01. The van der Waals surface area contributed by atoms with Crippen molar-refractivity contribution in [1.29, 1.82) is 0 Å². The molecule has 2 N–H and O–H groups in total. The maximum atomic E-state index is 12.6. The van der Waals surface area contributed by atoms with E-state index in [1.165, 1.54) is 18.4 Å². The van der Waals surface area contributed by atoms with E-state index in [0.717, 1.165) is 11.3 Å². The molecule has 0 aromatic heterocycles. The molecule has 2 amide bonds. The predicted molar refractivity (Wildman–Crippen MR) is 108 cm³/mol. The fourth-order valence-electron chi connectivity index (χ4n) is 3.46. The van der Waals surface area contributed by atoms with Crippen molar-refractivity contribution < 1.29 is 9.53 Å². The highest BCUT2D eigenvalue weighted by Crippen LogP contribution is 2.40. The standard InChI is InChI=1S/C22H29N3O2/c1-25(2)19(18-11-7-8-12-20(18)27-3)15-23-22(26)24-21(17-13-14-17)16-9-5-4-6-10-16/h4-12,17,19,21H,13-15H2,1-3H3,(H2,23,24,26). The van der Waals surface area contributed by atoms with Gasteiger partial charge in [-0.1, -0.05) is 48.5 Å². The number of urea groups is 1. The molecule has 1 aliphatic carbocycles. The lowest BCUT2D eigenvalue weighted by atomic mass is 10.0. The molecule has 2 unspecified atom stereocenters. The summed E-state index contributed by atoms with van der Waals surface area (Å²) in [6, 6.07) is 18.1. The molecule has 0 saturated heterocycles. The van der Waals surface area contributed by atoms with E-state index in [-0.39, 0.29) is 18.1 Å². The van der Waals surface area contributed by atoms with Crippen molar-refractivity contribution in [2.75, 3.05) is 27.7 Å². The fraction of sp³-hybridized carbons (Fsp3) is 0.409. The zero-order valence-electron chi connectivity index (χ0n) is 16.3. The highest BCUT2D eigenvalue weighted by molar-refractivity contribution is 5.74. The van der Waals surface area contributed by atoms with Crippen LogP contribution in [0, 0.1) is 5.92 Å². The Labute approximate surface area is 161 Å². The van der Waals surface area contributed by atoms with Gasteiger partial charge >= 0.3 is 6.03 Å². The molecule has 1 aliphatic rings. The molecule has 1 fully saturated rings. The van der Waals surface area contributed by atoms with Gasteiger partial charge in [0.05, 0.1) is 19.2 Å². The Balaban J connectivity index is 1.64. The topological polar surface area (TPSA) is 53.6 Å². The molecule has 0 heterocycles. The van der Waals surface area contributed by atoms with Gasteiger partial charge < -0.3 is 20.3 Å². The molecule has 3 rings (SSSR count). The number of methoxy groups -OCH3 is 1. The van der Waals surface area contributed by atoms with Crippen molar-refractivity contribution >= 4 is 6.03 Å². The van der Waals surface area contributed by atoms with E-state index in [0.29, 0.717) is 12.5 Å². The van der Waals surface area contributed by atoms with Gasteiger partial charge in [0, 0.05) is 12.1 Å². The first kappa shape index (κ1) is 19.2. The fourth-order valence-corrected chi connectivity index (χ4v) is 3.46. The minimum Gasteiger partial charge on any atom is -0.496 e. The van der Waals surface area contributed by atoms with Crippen molar-refractivity contribution in [3.05, 3.63) is 65.7 Å². The van der Waals surface area contributed by atoms with Gasteiger partial charge in [0.25, 0.3) is 0 Å². The summed E-state index contributed by atoms with van der Waals surface area (Å²) in [5.41, 5.74) is 2.23. The molecule has 144 valence electrons. The number of para-hydroxylation sites is 1. The lowest BCUT2D eigenvalue weighted by molar-refractivity contribution is 0.227. The van der Waals surface area contributed by atoms with Crippen molar-refractivity contribution in [3.8, 4) is 5.75 Å². The first-order valence-electron chi connectivity index (χ1n) is 9.48. The number of carbonyl (C=O) groups excluding carboxylic acids is 1. The van der Waals surface area contributed by atoms with Crippen LogP contribution in [0.2, 0.25) is 0 Å². The number of nitrogens with zero attached hydrogens (tertiary/aromatic N) is 1. The number of carbonyl (C=O) groups is 1. The van der Waals surface area contributed by atoms with Gasteiger partial charge in [-0.2, -0.15) is 0 Å². The van der Waals surface area contributed by atoms with E-state index in [1.54, 1.807) is 7.11 Å². The van der Waals surface area contributed by atoms with Crippen molar-refractivity contribution in [1.82, 2.24) is 15.5 Å². The molecular formula is C22H29N3O2. The van der Waals surface area contributed by atoms with Gasteiger partial charge in [-0.25, -0.2) is 4.79 Å². The van der Waals surface area contributed by atoms with Crippen LogP contribution in [0.25, 0.3) is 0 Å². The molecule has 27 heavy (non-hydrogen) atoms. The van der Waals surface area contributed by atoms with Crippen molar-refractivity contribution in [2.24, 2.45) is 5.92 Å². The highest BCUT2D eigenvalue weighted by Gasteiger charge is 2.33. The molecule has 5 heteroatoms. The summed E-state index contributed by atoms with van der Waals surface area (Å²) in [7, 11) is 5.69. The van der Waals surface area contributed by atoms with Crippen LogP contribution in [-0.2, 0) is 0 Å². The van der Waals surface area contributed by atoms with E-state index < -0.39 is 0 Å². The SMILES string of the molecule is COc1ccccc1C(CNC(=O)NC(c1ccccc1)C1CC1)N(C)C. The monoisotopic (exact) mass is 367 g/mol. The number of nitrogens with one attached hydrogen (secondary N) is 2. The van der Waals surface area contributed by atoms with Crippen LogP contribution in [0.4, 0.5) is 4.79 Å². The van der Waals surface area contributed by atoms with Crippen LogP contribution in [0.1, 0.15) is 36.1 Å². The van der Waals surface area contributed by atoms with E-state index in [9.17, 15) is 4.79 Å². The number of hydrogen-bond acceptors (Lipinski definition) is 3. The van der Waals surface area contributed by atoms with Crippen LogP contribution < -0.4 is 15.4 Å². The molecule has 0 radical (unpaired) electrons. The van der Waals surface area contributed by atoms with E-state index >= 15 is 0 Å². The average molecular weight is 367 g/mol. The van der Waals surface area contributed by atoms with Crippen LogP contribution in [0.15, 0.2) is 54.6 Å². The van der Waals surface area contributed by atoms with Crippen LogP contribution in [0.5, 0.6) is 5.75 Å². The summed E-state index contributed by atoms with van der Waals surface area (Å²) >= 11 is 0. The maximum Gasteiger partial charge on any atom is 0.315 e. The summed E-state index contributed by atoms with van der Waals surface area (Å²) in [4.78, 5) is 14.7. The maximum absolute atomic E-state index is 12.6. The minimum absolute atomic E-state index is 0.0306. The summed E-state index contributed by atoms with van der Waals surface area (Å²) in [6.07, 6.45) is 2.34. The highest BCUT2D eigenvalue weighted by atomic mass is 16.5. The van der Waals surface area contributed by atoms with E-state index in [2.05, 4.69) is 27.7 Å². The third-order valence-electron chi connectivity index (χ3n) is 5.12. The van der Waals surface area contributed by atoms with Gasteiger partial charge in [0.15, 0.2) is 0 Å². The molecule has 5 nitrogen and oxygen atoms in total. The second-order valence-electron chi connectivity index (χ2n) is 7.30. The summed E-state index contributed by atoms with van der Waals surface area (Å²) in [5.74, 6) is 1.37. The Morgan fingerprint density at radius 1 is 1.11 bits per heavy atom. The Morgan fingerprint density at radius 2 is 1.78 bits per heavy atom. The van der Waals surface area contributed by atoms with Crippen molar-refractivity contribution in [2.45, 2.75) is 24.9 Å². The summed E-state index contributed by atoms with van der Waals surface area (Å²) in [5, 5.41) is 6.22. The average Bonchev–Trinajstić information content (AvgIpc) is 3.52. The summed E-state index contributed by atoms with van der Waals surface area (Å²) in [6.45, 7) is 0.505. The zero-order chi connectivity index (χ0) is 19.2. The molecule has 0 bridgehead atoms. The third-order valence-corrected chi connectivity index (χ3v) is 5.12. The van der Waals surface area contributed by atoms with Crippen molar-refractivity contribution in [3.63, 3.8) is 0 Å². The molecule has 2 atom stereocenters. The Bertz CT molecular complexity index is 744. The molecule has 2 aromatic rings. The second-order valence-corrected chi connectivity index (χ2v) is 7.30. The zero-order valence-corrected chi connectivity index (χ0v) is 16.3. The molecular weight excluding hydrogens is 338 g/mol. The second kappa shape index (κ2) is 8.91. The number of amides is 2. The van der Waals surface area contributed by atoms with Gasteiger partial charge in [-0.15, -0.1) is 0 Å². The van der Waals surface area contributed by atoms with Crippen LogP contribution in [-0.4, -0.2) is 38.7 Å². The number of rotatable bonds is 8. The Hall–Kier alpha value is -2.53. The lowest BCUT2D eigenvalue weighted by Gasteiger charge is -2.27. The van der Waals surface area contributed by atoms with Gasteiger partial charge in [-0.3, -0.25) is 0 Å². The van der Waals surface area contributed by atoms with E-state index in [1.807, 2.05) is 56.6 Å². The number of benzene rings is 2. The normalized spacial score (nSPS) is 15.9. The number of hydrogen-bond donors (Lipinski definition) is 2. The Kier molecular flexibility index (Phi) is 6.35. The number of likely N-dealkylation sites (N-methyl/N-ethyl adjacent to an activating group) is 1. The van der Waals surface area contributed by atoms with Crippen LogP contribution >= 0.6 is 0 Å². The minimum atomic E-state index is -0.127. The quantitative estimate of drug-likeness (QED) is 0.747. The van der Waals surface area contributed by atoms with E-state index in [4.69, 9.17) is 4.74 Å². The first-order chi connectivity index (χ1) is 13.1. The molecule has 0 spiro atoms. The predicted octanol–water partition coefficient (Wildman–Crippen LogP) is 3.75. The lowest BCUT2D eigenvalue weighted by Crippen LogP contribution is -2.42. The smallest absolute Gasteiger partial charge is 0.315 e. The van der Waals surface area contributed by atoms with Gasteiger partial charge in [0.1, 0.15) is 5.75 Å². The van der Waals surface area contributed by atoms with Gasteiger partial charge in [-0.05, 0) is 44.5 Å². The van der Waals surface area contributed by atoms with Crippen LogP contribution in [0.3, 0.4) is 0 Å². The first-order valence-corrected chi connectivity index (χ1v) is 9.48. The molecule has 2 aromatic carbocycles. The summed E-state index contributed by atoms with van der Waals surface area (Å²) < 4.78 is 5.49. The molecule has 0 aliphatic heterocycles. The molecule has 1 saturated carbocycles. The number of ether oxygens (including phenoxy) is 1. The largest absolute Gasteiger partial charge is 0.496 e. The Morgan fingerprint density at radius 3 is 2.41 bits per heavy atom.